The van der Waals surface area contributed by atoms with Crippen molar-refractivity contribution >= 4 is 28.4 Å². The molecular formula is C16H26N4O9S. The van der Waals surface area contributed by atoms with Crippen molar-refractivity contribution in [2.45, 2.75) is 64.3 Å². The van der Waals surface area contributed by atoms with Crippen molar-refractivity contribution in [1.82, 2.24) is 20.3 Å². The van der Waals surface area contributed by atoms with E-state index in [1.165, 1.54) is 4.90 Å². The minimum absolute atomic E-state index is 0.0628. The molecule has 0 saturated carbocycles. The maximum atomic E-state index is 12.7. The van der Waals surface area contributed by atoms with Gasteiger partial charge in [-0.05, 0) is 24.7 Å². The van der Waals surface area contributed by atoms with Crippen molar-refractivity contribution in [1.29, 1.82) is 0 Å². The Morgan fingerprint density at radius 3 is 2.43 bits per heavy atom. The largest absolute Gasteiger partial charge is 0.465 e. The fourth-order valence-electron chi connectivity index (χ4n) is 4.43. The van der Waals surface area contributed by atoms with Gasteiger partial charge in [0.25, 0.3) is 5.91 Å². The van der Waals surface area contributed by atoms with Crippen molar-refractivity contribution in [3.8, 4) is 0 Å². The molecular weight excluding hydrogens is 424 g/mol. The van der Waals surface area contributed by atoms with Gasteiger partial charge >= 0.3 is 22.5 Å². The highest BCUT2D eigenvalue weighted by atomic mass is 32.3. The predicted octanol–water partition coefficient (Wildman–Crippen LogP) is 0.204. The van der Waals surface area contributed by atoms with Crippen LogP contribution < -0.4 is 5.48 Å². The molecule has 13 nitrogen and oxygen atoms in total. The molecule has 3 aliphatic rings. The molecule has 170 valence electrons. The molecule has 3 fully saturated rings. The molecule has 0 aromatic heterocycles. The summed E-state index contributed by atoms with van der Waals surface area (Å²) in [6.45, 7) is 5.98. The maximum absolute atomic E-state index is 12.7. The predicted molar refractivity (Wildman–Crippen MR) is 99.0 cm³/mol. The Morgan fingerprint density at radius 2 is 1.87 bits per heavy atom. The van der Waals surface area contributed by atoms with Gasteiger partial charge in [0.2, 0.25) is 0 Å². The van der Waals surface area contributed by atoms with Gasteiger partial charge < -0.3 is 14.9 Å². The third-order valence-electron chi connectivity index (χ3n) is 5.59. The second-order valence-corrected chi connectivity index (χ2v) is 9.71. The summed E-state index contributed by atoms with van der Waals surface area (Å²) < 4.78 is 35.1. The lowest BCUT2D eigenvalue weighted by Gasteiger charge is -2.36. The lowest BCUT2D eigenvalue weighted by Crippen LogP contribution is -2.53. The van der Waals surface area contributed by atoms with Gasteiger partial charge in [-0.2, -0.15) is 13.5 Å². The van der Waals surface area contributed by atoms with E-state index >= 15 is 0 Å². The second kappa shape index (κ2) is 7.83. The third-order valence-corrected chi connectivity index (χ3v) is 5.94. The van der Waals surface area contributed by atoms with E-state index in [0.717, 1.165) is 4.90 Å². The van der Waals surface area contributed by atoms with Crippen LogP contribution in [0.15, 0.2) is 0 Å². The summed E-state index contributed by atoms with van der Waals surface area (Å²) in [6.07, 6.45) is -0.690. The smallest absolute Gasteiger partial charge is 0.418 e. The lowest BCUT2D eigenvalue weighted by atomic mass is 9.84. The van der Waals surface area contributed by atoms with E-state index in [2.05, 4.69) is 9.76 Å². The molecule has 3 rings (SSSR count). The normalized spacial score (nSPS) is 29.5. The van der Waals surface area contributed by atoms with Gasteiger partial charge in [0.05, 0.1) is 12.1 Å². The van der Waals surface area contributed by atoms with Crippen molar-refractivity contribution in [3.05, 3.63) is 0 Å². The average Bonchev–Trinajstić information content (AvgIpc) is 3.15. The molecule has 0 radical (unpaired) electrons. The van der Waals surface area contributed by atoms with Crippen molar-refractivity contribution in [2.24, 2.45) is 5.41 Å². The average molecular weight is 450 g/mol. The first kappa shape index (κ1) is 22.5. The molecule has 2 bridgehead atoms. The van der Waals surface area contributed by atoms with Gasteiger partial charge in [0.15, 0.2) is 0 Å². The van der Waals surface area contributed by atoms with E-state index in [1.807, 2.05) is 20.8 Å². The molecule has 3 aliphatic heterocycles. The number of hydroxylamine groups is 3. The van der Waals surface area contributed by atoms with Crippen LogP contribution >= 0.6 is 0 Å². The summed E-state index contributed by atoms with van der Waals surface area (Å²) in [5.41, 5.74) is 1.91. The van der Waals surface area contributed by atoms with Crippen LogP contribution in [0.25, 0.3) is 0 Å². The number of carboxylic acid groups (broad SMARTS) is 1. The van der Waals surface area contributed by atoms with Crippen LogP contribution in [0.1, 0.15) is 40.0 Å². The first-order valence-electron chi connectivity index (χ1n) is 9.51. The second-order valence-electron chi connectivity index (χ2n) is 8.71. The summed E-state index contributed by atoms with van der Waals surface area (Å²) in [5, 5.41) is 9.97. The Hall–Kier alpha value is -2.16. The lowest BCUT2D eigenvalue weighted by molar-refractivity contribution is -0.146. The zero-order valence-corrected chi connectivity index (χ0v) is 17.7. The van der Waals surface area contributed by atoms with Crippen LogP contribution in [0.4, 0.5) is 9.59 Å². The topological polar surface area (TPSA) is 166 Å². The molecule has 30 heavy (non-hydrogen) atoms. The Balaban J connectivity index is 1.63. The molecule has 3 N–H and O–H groups in total. The Bertz CT molecular complexity index is 827. The highest BCUT2D eigenvalue weighted by Gasteiger charge is 2.50. The molecule has 4 amide bonds. The molecule has 14 heteroatoms. The van der Waals surface area contributed by atoms with Crippen LogP contribution in [-0.4, -0.2) is 88.3 Å². The number of urea groups is 1. The molecule has 3 heterocycles. The fraction of sp³-hybridized carbons (Fsp3) is 0.812. The molecule has 1 unspecified atom stereocenters. The summed E-state index contributed by atoms with van der Waals surface area (Å²) in [4.78, 5) is 44.6. The van der Waals surface area contributed by atoms with Crippen LogP contribution in [0.3, 0.4) is 0 Å². The van der Waals surface area contributed by atoms with Crippen molar-refractivity contribution in [3.63, 3.8) is 0 Å². The fourth-order valence-corrected chi connectivity index (χ4v) is 4.82. The van der Waals surface area contributed by atoms with E-state index in [1.54, 1.807) is 0 Å². The van der Waals surface area contributed by atoms with Gasteiger partial charge in [-0.15, -0.1) is 4.28 Å². The summed E-state index contributed by atoms with van der Waals surface area (Å²) in [6, 6.07) is -2.83. The molecule has 4 atom stereocenters. The standard InChI is InChI=1S/C16H26N4O9S/c1-16(2,3)12-11(6-7-18(12)15(23)24)28-17-13(21)10-5-4-9-8-19(10)14(22)20(9)29-30(25,26)27/h9-12H,4-8H2,1-3H3,(H,17,21)(H,23,24)(H,25,26,27)/t9-,10+,11+,12?/m1/s1. The maximum Gasteiger partial charge on any atom is 0.418 e. The molecule has 0 spiro atoms. The number of rotatable bonds is 5. The number of hydrogen-bond donors (Lipinski definition) is 3. The van der Waals surface area contributed by atoms with Crippen molar-refractivity contribution in [2.75, 3.05) is 13.1 Å². The van der Waals surface area contributed by atoms with Gasteiger partial charge in [0, 0.05) is 13.1 Å². The number of likely N-dealkylation sites (tertiary alicyclic amines) is 1. The van der Waals surface area contributed by atoms with E-state index in [4.69, 9.17) is 9.39 Å². The van der Waals surface area contributed by atoms with E-state index in [9.17, 15) is 27.9 Å². The first-order chi connectivity index (χ1) is 13.8. The number of carbonyl (C=O) groups is 3. The van der Waals surface area contributed by atoms with Crippen LogP contribution in [0.2, 0.25) is 0 Å². The number of nitrogens with one attached hydrogen (secondary N) is 1. The van der Waals surface area contributed by atoms with Crippen molar-refractivity contribution < 1.29 is 41.6 Å². The summed E-state index contributed by atoms with van der Waals surface area (Å²) >= 11 is 0. The highest BCUT2D eigenvalue weighted by Crippen LogP contribution is 2.35. The van der Waals surface area contributed by atoms with Crippen LogP contribution in [0, 0.1) is 5.41 Å². The summed E-state index contributed by atoms with van der Waals surface area (Å²) in [7, 11) is -4.87. The third kappa shape index (κ3) is 4.45. The summed E-state index contributed by atoms with van der Waals surface area (Å²) in [5.74, 6) is -0.600. The van der Waals surface area contributed by atoms with E-state index < -0.39 is 58.1 Å². The number of nitrogens with zero attached hydrogens (tertiary/aromatic N) is 3. The van der Waals surface area contributed by atoms with Gasteiger partial charge in [0.1, 0.15) is 12.1 Å². The minimum Gasteiger partial charge on any atom is -0.465 e. The van der Waals surface area contributed by atoms with Gasteiger partial charge in [-0.3, -0.25) is 14.2 Å². The van der Waals surface area contributed by atoms with Crippen LogP contribution in [0.5, 0.6) is 0 Å². The number of carbonyl (C=O) groups excluding carboxylic acids is 2. The SMILES string of the molecule is CC(C)(C)C1[C@@H](ONC(=O)[C@@H]2CC[C@@H]3CN2C(=O)N3OS(=O)(=O)O)CCN1C(=O)O. The molecule has 3 saturated heterocycles. The van der Waals surface area contributed by atoms with E-state index in [-0.39, 0.29) is 25.9 Å². The number of amides is 4. The number of fused-ring (bicyclic) bond motifs is 2. The zero-order valence-electron chi connectivity index (χ0n) is 16.8. The molecule has 0 aromatic rings. The highest BCUT2D eigenvalue weighted by molar-refractivity contribution is 7.80. The van der Waals surface area contributed by atoms with Gasteiger partial charge in [-0.25, -0.2) is 15.1 Å². The van der Waals surface area contributed by atoms with Crippen LogP contribution in [-0.2, 0) is 24.3 Å². The monoisotopic (exact) mass is 450 g/mol. The Kier molecular flexibility index (Phi) is 5.88. The first-order valence-corrected chi connectivity index (χ1v) is 10.9. The quantitative estimate of drug-likeness (QED) is 0.392. The Morgan fingerprint density at radius 1 is 1.20 bits per heavy atom. The molecule has 0 aromatic carbocycles. The number of piperidine rings is 1. The Labute approximate surface area is 173 Å². The minimum atomic E-state index is -4.87. The van der Waals surface area contributed by atoms with Gasteiger partial charge in [-0.1, -0.05) is 20.8 Å². The molecule has 0 aliphatic carbocycles. The zero-order chi connectivity index (χ0) is 22.4. The number of hydrogen-bond acceptors (Lipinski definition) is 7. The van der Waals surface area contributed by atoms with E-state index in [0.29, 0.717) is 11.5 Å².